The van der Waals surface area contributed by atoms with Crippen molar-refractivity contribution in [2.75, 3.05) is 12.4 Å². The van der Waals surface area contributed by atoms with Crippen molar-refractivity contribution in [2.45, 2.75) is 54.2 Å². The van der Waals surface area contributed by atoms with Gasteiger partial charge in [0.15, 0.2) is 0 Å². The smallest absolute Gasteiger partial charge is 0.308 e. The van der Waals surface area contributed by atoms with E-state index in [2.05, 4.69) is 15.6 Å². The number of benzene rings is 1. The highest BCUT2D eigenvalue weighted by Crippen LogP contribution is 2.18. The van der Waals surface area contributed by atoms with E-state index in [1.165, 1.54) is 7.11 Å². The van der Waals surface area contributed by atoms with Crippen molar-refractivity contribution in [1.82, 2.24) is 5.48 Å². The van der Waals surface area contributed by atoms with Gasteiger partial charge in [-0.25, -0.2) is 5.48 Å². The van der Waals surface area contributed by atoms with Crippen LogP contribution >= 0.6 is 0 Å². The van der Waals surface area contributed by atoms with E-state index in [1.807, 2.05) is 33.8 Å². The van der Waals surface area contributed by atoms with Crippen molar-refractivity contribution < 1.29 is 19.2 Å². The summed E-state index contributed by atoms with van der Waals surface area (Å²) in [4.78, 5) is 28.3. The lowest BCUT2D eigenvalue weighted by Crippen LogP contribution is -2.24. The van der Waals surface area contributed by atoms with Crippen molar-refractivity contribution in [1.29, 1.82) is 0 Å². The van der Waals surface area contributed by atoms with Gasteiger partial charge in [0, 0.05) is 17.3 Å². The molecule has 0 aromatic heterocycles. The zero-order valence-corrected chi connectivity index (χ0v) is 15.7. The number of hydrogen-bond acceptors (Lipinski definition) is 5. The van der Waals surface area contributed by atoms with Gasteiger partial charge in [0.25, 0.3) is 5.91 Å². The highest BCUT2D eigenvalue weighted by Gasteiger charge is 2.15. The molecule has 0 radical (unpaired) electrons. The Bertz CT molecular complexity index is 528. The lowest BCUT2D eigenvalue weighted by atomic mass is 10.1. The number of anilines is 1. The number of hydrogen-bond donors (Lipinski definition) is 2. The van der Waals surface area contributed by atoms with Gasteiger partial charge in [-0.3, -0.25) is 14.4 Å². The molecule has 1 aromatic carbocycles. The van der Waals surface area contributed by atoms with Gasteiger partial charge in [-0.15, -0.1) is 0 Å². The third-order valence-electron chi connectivity index (χ3n) is 2.85. The second-order valence-electron chi connectivity index (χ2n) is 5.57. The normalized spacial score (nSPS) is 10.0. The third kappa shape index (κ3) is 7.46. The van der Waals surface area contributed by atoms with E-state index in [0.29, 0.717) is 11.1 Å². The molecule has 136 valence electrons. The topological polar surface area (TPSA) is 76.7 Å². The minimum Gasteiger partial charge on any atom is -0.461 e. The fraction of sp³-hybridized carbons (Fsp3) is 0.556. The predicted molar refractivity (Wildman–Crippen MR) is 95.7 cm³/mol. The zero-order chi connectivity index (χ0) is 18.7. The van der Waals surface area contributed by atoms with E-state index in [4.69, 9.17) is 4.74 Å². The molecule has 6 heteroatoms. The van der Waals surface area contributed by atoms with Gasteiger partial charge < -0.3 is 10.1 Å². The zero-order valence-electron chi connectivity index (χ0n) is 15.7. The van der Waals surface area contributed by atoms with Crippen LogP contribution in [0, 0.1) is 5.92 Å². The largest absolute Gasteiger partial charge is 0.461 e. The van der Waals surface area contributed by atoms with Crippen LogP contribution < -0.4 is 10.8 Å². The van der Waals surface area contributed by atoms with E-state index < -0.39 is 0 Å². The van der Waals surface area contributed by atoms with E-state index in [9.17, 15) is 9.59 Å². The van der Waals surface area contributed by atoms with Crippen LogP contribution in [0.1, 0.15) is 57.5 Å². The number of carbonyl (C=O) groups is 2. The first-order valence-electron chi connectivity index (χ1n) is 8.24. The quantitative estimate of drug-likeness (QED) is 0.587. The second-order valence-corrected chi connectivity index (χ2v) is 5.57. The Labute approximate surface area is 144 Å². The van der Waals surface area contributed by atoms with Gasteiger partial charge in [0.2, 0.25) is 0 Å². The molecule has 0 bridgehead atoms. The molecule has 0 atom stereocenters. The molecule has 24 heavy (non-hydrogen) atoms. The minimum absolute atomic E-state index is 0.0471. The van der Waals surface area contributed by atoms with Gasteiger partial charge in [0.1, 0.15) is 6.61 Å². The summed E-state index contributed by atoms with van der Waals surface area (Å²) in [5.41, 5.74) is 4.13. The fourth-order valence-electron chi connectivity index (χ4n) is 1.80. The maximum atomic E-state index is 12.1. The Hall–Kier alpha value is -2.08. The molecule has 0 saturated carbocycles. The Kier molecular flexibility index (Phi) is 10.5. The van der Waals surface area contributed by atoms with Crippen LogP contribution in [0.25, 0.3) is 0 Å². The number of carbonyl (C=O) groups excluding carboxylic acids is 2. The summed E-state index contributed by atoms with van der Waals surface area (Å²) in [6.07, 6.45) is 0. The summed E-state index contributed by atoms with van der Waals surface area (Å²) in [7, 11) is 1.37. The summed E-state index contributed by atoms with van der Waals surface area (Å²) >= 11 is 0. The Morgan fingerprint density at radius 3 is 2.25 bits per heavy atom. The first-order valence-corrected chi connectivity index (χ1v) is 8.24. The van der Waals surface area contributed by atoms with Gasteiger partial charge in [0.05, 0.1) is 18.6 Å². The molecule has 0 aliphatic carbocycles. The SMILES string of the molecule is CC.CONC(=O)c1cc(NC(C)C)ccc1COC(=O)C(C)C. The Morgan fingerprint density at radius 1 is 1.12 bits per heavy atom. The van der Waals surface area contributed by atoms with Gasteiger partial charge >= 0.3 is 5.97 Å². The molecule has 2 N–H and O–H groups in total. The Morgan fingerprint density at radius 2 is 1.75 bits per heavy atom. The van der Waals surface area contributed by atoms with Crippen molar-refractivity contribution in [3.63, 3.8) is 0 Å². The molecule has 1 rings (SSSR count). The maximum Gasteiger partial charge on any atom is 0.308 e. The van der Waals surface area contributed by atoms with Crippen molar-refractivity contribution in [3.8, 4) is 0 Å². The molecule has 0 heterocycles. The van der Waals surface area contributed by atoms with E-state index in [0.717, 1.165) is 5.69 Å². The maximum absolute atomic E-state index is 12.1. The summed E-state index contributed by atoms with van der Waals surface area (Å²) in [6.45, 7) is 11.6. The number of nitrogens with one attached hydrogen (secondary N) is 2. The Balaban J connectivity index is 0.00000254. The molecule has 6 nitrogen and oxygen atoms in total. The summed E-state index contributed by atoms with van der Waals surface area (Å²) in [6, 6.07) is 5.57. The van der Waals surface area contributed by atoms with Crippen molar-refractivity contribution in [2.24, 2.45) is 5.92 Å². The third-order valence-corrected chi connectivity index (χ3v) is 2.85. The number of ether oxygens (including phenoxy) is 1. The molecular weight excluding hydrogens is 308 g/mol. The van der Waals surface area contributed by atoms with Gasteiger partial charge in [-0.05, 0) is 26.0 Å². The fourth-order valence-corrected chi connectivity index (χ4v) is 1.80. The molecule has 0 spiro atoms. The number of hydroxylamine groups is 1. The van der Waals surface area contributed by atoms with Crippen molar-refractivity contribution >= 4 is 17.6 Å². The lowest BCUT2D eigenvalue weighted by Gasteiger charge is -2.15. The van der Waals surface area contributed by atoms with E-state index >= 15 is 0 Å². The average Bonchev–Trinajstić information content (AvgIpc) is 2.54. The number of amides is 1. The summed E-state index contributed by atoms with van der Waals surface area (Å²) in [5, 5.41) is 3.22. The molecule has 1 amide bonds. The van der Waals surface area contributed by atoms with Crippen molar-refractivity contribution in [3.05, 3.63) is 29.3 Å². The van der Waals surface area contributed by atoms with E-state index in [1.54, 1.807) is 26.0 Å². The molecule has 1 aromatic rings. The van der Waals surface area contributed by atoms with Crippen LogP contribution in [0.4, 0.5) is 5.69 Å². The van der Waals surface area contributed by atoms with Gasteiger partial charge in [-0.2, -0.15) is 0 Å². The molecule has 0 aliphatic rings. The van der Waals surface area contributed by atoms with Crippen LogP contribution in [0.2, 0.25) is 0 Å². The lowest BCUT2D eigenvalue weighted by molar-refractivity contribution is -0.148. The predicted octanol–water partition coefficient (Wildman–Crippen LogP) is 3.52. The summed E-state index contributed by atoms with van der Waals surface area (Å²) in [5.74, 6) is -0.897. The molecule has 0 unspecified atom stereocenters. The minimum atomic E-state index is -0.384. The molecule has 0 fully saturated rings. The van der Waals surface area contributed by atoms with E-state index in [-0.39, 0.29) is 30.4 Å². The second kappa shape index (κ2) is 11.5. The first-order chi connectivity index (χ1) is 11.3. The number of rotatable bonds is 7. The molecule has 0 saturated heterocycles. The number of esters is 1. The monoisotopic (exact) mass is 338 g/mol. The van der Waals surface area contributed by atoms with Crippen LogP contribution in [0.5, 0.6) is 0 Å². The summed E-state index contributed by atoms with van der Waals surface area (Å²) < 4.78 is 5.20. The van der Waals surface area contributed by atoms with Crippen LogP contribution in [0.3, 0.4) is 0 Å². The van der Waals surface area contributed by atoms with Crippen LogP contribution in [-0.2, 0) is 21.0 Å². The average molecular weight is 338 g/mol. The van der Waals surface area contributed by atoms with Crippen LogP contribution in [-0.4, -0.2) is 25.0 Å². The highest BCUT2D eigenvalue weighted by molar-refractivity contribution is 5.96. The highest BCUT2D eigenvalue weighted by atomic mass is 16.6. The van der Waals surface area contributed by atoms with Crippen LogP contribution in [0.15, 0.2) is 18.2 Å². The standard InChI is InChI=1S/C16H24N2O4.C2H6/c1-10(2)16(20)22-9-12-6-7-13(17-11(3)4)8-14(12)15(19)18-21-5;1-2/h6-8,10-11,17H,9H2,1-5H3,(H,18,19);1-2H3. The molecule has 0 aliphatic heterocycles. The molecular formula is C18H30N2O4. The first kappa shape index (κ1) is 21.9. The van der Waals surface area contributed by atoms with Gasteiger partial charge in [-0.1, -0.05) is 33.8 Å².